The predicted octanol–water partition coefficient (Wildman–Crippen LogP) is 1.67. The van der Waals surface area contributed by atoms with Gasteiger partial charge in [-0.15, -0.1) is 0 Å². The van der Waals surface area contributed by atoms with Crippen molar-refractivity contribution in [2.24, 2.45) is 0 Å². The molecule has 2 rings (SSSR count). The summed E-state index contributed by atoms with van der Waals surface area (Å²) in [6.45, 7) is 2.25. The Hall–Kier alpha value is -2.76. The van der Waals surface area contributed by atoms with Crippen LogP contribution in [0.2, 0.25) is 0 Å². The lowest BCUT2D eigenvalue weighted by atomic mass is 10.1. The van der Waals surface area contributed by atoms with Crippen molar-refractivity contribution in [2.45, 2.75) is 19.9 Å². The molecule has 1 heterocycles. The number of carbonyl (C=O) groups excluding carboxylic acids is 1. The lowest BCUT2D eigenvalue weighted by molar-refractivity contribution is 0.0696. The average Bonchev–Trinajstić information content (AvgIpc) is 2.53. The number of hydrogen-bond donors (Lipinski definition) is 2. The zero-order valence-corrected chi connectivity index (χ0v) is 11.5. The molecular weight excluding hydrogens is 270 g/mol. The number of carbonyl (C=O) groups is 2. The fourth-order valence-corrected chi connectivity index (χ4v) is 1.70. The van der Waals surface area contributed by atoms with Gasteiger partial charge in [-0.25, -0.2) is 14.8 Å². The van der Waals surface area contributed by atoms with E-state index in [9.17, 15) is 9.59 Å². The van der Waals surface area contributed by atoms with Crippen molar-refractivity contribution in [1.82, 2.24) is 15.3 Å². The molecule has 0 radical (unpaired) electrons. The summed E-state index contributed by atoms with van der Waals surface area (Å²) in [6, 6.07) is 6.34. The highest BCUT2D eigenvalue weighted by Gasteiger charge is 2.07. The summed E-state index contributed by atoms with van der Waals surface area (Å²) in [5.74, 6) is -0.547. The highest BCUT2D eigenvalue weighted by atomic mass is 16.4. The monoisotopic (exact) mass is 285 g/mol. The Morgan fingerprint density at radius 1 is 1.10 bits per heavy atom. The molecule has 0 saturated heterocycles. The minimum absolute atomic E-state index is 0.216. The highest BCUT2D eigenvalue weighted by molar-refractivity contribution is 5.93. The van der Waals surface area contributed by atoms with Crippen molar-refractivity contribution >= 4 is 11.9 Å². The summed E-state index contributed by atoms with van der Waals surface area (Å²) in [5, 5.41) is 11.5. The molecule has 0 aliphatic rings. The van der Waals surface area contributed by atoms with E-state index in [4.69, 9.17) is 5.11 Å². The summed E-state index contributed by atoms with van der Waals surface area (Å²) < 4.78 is 0. The second-order valence-electron chi connectivity index (χ2n) is 4.43. The van der Waals surface area contributed by atoms with Gasteiger partial charge in [0.1, 0.15) is 5.82 Å². The summed E-state index contributed by atoms with van der Waals surface area (Å²) in [7, 11) is 0. The number of rotatable bonds is 5. The summed E-state index contributed by atoms with van der Waals surface area (Å²) in [4.78, 5) is 30.8. The minimum atomic E-state index is -0.973. The van der Waals surface area contributed by atoms with E-state index in [-0.39, 0.29) is 11.5 Å². The molecule has 6 heteroatoms. The van der Waals surface area contributed by atoms with Crippen LogP contribution in [0.1, 0.15) is 39.0 Å². The van der Waals surface area contributed by atoms with Gasteiger partial charge in [0.2, 0.25) is 0 Å². The smallest absolute Gasteiger partial charge is 0.335 e. The first-order valence-electron chi connectivity index (χ1n) is 6.51. The third kappa shape index (κ3) is 3.85. The van der Waals surface area contributed by atoms with Gasteiger partial charge in [-0.05, 0) is 17.7 Å². The molecular formula is C15H15N3O3. The van der Waals surface area contributed by atoms with Crippen molar-refractivity contribution in [2.75, 3.05) is 0 Å². The van der Waals surface area contributed by atoms with Crippen LogP contribution in [0.25, 0.3) is 0 Å². The number of amides is 1. The molecule has 0 aliphatic carbocycles. The fraction of sp³-hybridized carbons (Fsp3) is 0.200. The third-order valence-electron chi connectivity index (χ3n) is 2.94. The Balaban J connectivity index is 1.95. The van der Waals surface area contributed by atoms with Crippen LogP contribution in [-0.2, 0) is 13.0 Å². The maximum absolute atomic E-state index is 11.9. The Labute approximate surface area is 121 Å². The molecule has 0 aliphatic heterocycles. The molecule has 0 saturated carbocycles. The molecule has 6 nitrogen and oxygen atoms in total. The van der Waals surface area contributed by atoms with E-state index in [1.54, 1.807) is 12.1 Å². The van der Waals surface area contributed by atoms with E-state index in [1.165, 1.54) is 24.5 Å². The molecule has 0 bridgehead atoms. The minimum Gasteiger partial charge on any atom is -0.478 e. The summed E-state index contributed by atoms with van der Waals surface area (Å²) >= 11 is 0. The maximum atomic E-state index is 11.9. The fourth-order valence-electron chi connectivity index (χ4n) is 1.70. The molecule has 0 atom stereocenters. The maximum Gasteiger partial charge on any atom is 0.335 e. The van der Waals surface area contributed by atoms with Crippen molar-refractivity contribution < 1.29 is 14.7 Å². The number of aromatic nitrogens is 2. The molecule has 0 fully saturated rings. The summed E-state index contributed by atoms with van der Waals surface area (Å²) in [6.07, 6.45) is 3.71. The van der Waals surface area contributed by atoms with Crippen LogP contribution >= 0.6 is 0 Å². The van der Waals surface area contributed by atoms with Crippen molar-refractivity contribution in [3.05, 3.63) is 59.2 Å². The van der Waals surface area contributed by atoms with Gasteiger partial charge in [0.05, 0.1) is 11.1 Å². The van der Waals surface area contributed by atoms with Crippen LogP contribution in [-0.4, -0.2) is 27.0 Å². The van der Waals surface area contributed by atoms with Crippen LogP contribution in [0.3, 0.4) is 0 Å². The number of nitrogens with one attached hydrogen (secondary N) is 1. The molecule has 2 aromatic rings. The topological polar surface area (TPSA) is 92.2 Å². The van der Waals surface area contributed by atoms with Crippen molar-refractivity contribution in [1.29, 1.82) is 0 Å². The predicted molar refractivity (Wildman–Crippen MR) is 76.0 cm³/mol. The first-order valence-corrected chi connectivity index (χ1v) is 6.51. The second-order valence-corrected chi connectivity index (χ2v) is 4.43. The van der Waals surface area contributed by atoms with E-state index in [0.717, 1.165) is 12.0 Å². The number of carboxylic acid groups (broad SMARTS) is 1. The SMILES string of the molecule is CCc1ncc(C(=O)NCc2ccc(C(=O)O)cc2)cn1. The molecule has 2 N–H and O–H groups in total. The van der Waals surface area contributed by atoms with E-state index in [0.29, 0.717) is 17.9 Å². The molecule has 1 aromatic carbocycles. The van der Waals surface area contributed by atoms with Gasteiger partial charge in [0.15, 0.2) is 0 Å². The van der Waals surface area contributed by atoms with Crippen LogP contribution < -0.4 is 5.32 Å². The lowest BCUT2D eigenvalue weighted by Gasteiger charge is -2.05. The molecule has 1 aromatic heterocycles. The first kappa shape index (κ1) is 14.6. The number of hydrogen-bond acceptors (Lipinski definition) is 4. The van der Waals surface area contributed by atoms with Gasteiger partial charge < -0.3 is 10.4 Å². The second kappa shape index (κ2) is 6.60. The van der Waals surface area contributed by atoms with Gasteiger partial charge in [0.25, 0.3) is 5.91 Å². The lowest BCUT2D eigenvalue weighted by Crippen LogP contribution is -2.23. The Morgan fingerprint density at radius 2 is 1.71 bits per heavy atom. The first-order chi connectivity index (χ1) is 10.1. The van der Waals surface area contributed by atoms with Crippen LogP contribution in [0.5, 0.6) is 0 Å². The Morgan fingerprint density at radius 3 is 2.24 bits per heavy atom. The van der Waals surface area contributed by atoms with Crippen molar-refractivity contribution in [3.63, 3.8) is 0 Å². The zero-order valence-electron chi connectivity index (χ0n) is 11.5. The average molecular weight is 285 g/mol. The highest BCUT2D eigenvalue weighted by Crippen LogP contribution is 2.05. The number of nitrogens with zero attached hydrogens (tertiary/aromatic N) is 2. The van der Waals surface area contributed by atoms with Gasteiger partial charge in [0, 0.05) is 25.4 Å². The quantitative estimate of drug-likeness (QED) is 0.871. The molecule has 1 amide bonds. The van der Waals surface area contributed by atoms with E-state index in [1.807, 2.05) is 6.92 Å². The van der Waals surface area contributed by atoms with Gasteiger partial charge in [-0.2, -0.15) is 0 Å². The zero-order chi connectivity index (χ0) is 15.2. The molecule has 21 heavy (non-hydrogen) atoms. The van der Waals surface area contributed by atoms with E-state index in [2.05, 4.69) is 15.3 Å². The summed E-state index contributed by atoms with van der Waals surface area (Å²) in [5.41, 5.74) is 1.43. The number of aromatic carboxylic acids is 1. The Bertz CT molecular complexity index is 636. The van der Waals surface area contributed by atoms with Crippen LogP contribution in [0.4, 0.5) is 0 Å². The molecule has 0 unspecified atom stereocenters. The van der Waals surface area contributed by atoms with E-state index >= 15 is 0 Å². The normalized spacial score (nSPS) is 10.1. The van der Waals surface area contributed by atoms with Gasteiger partial charge >= 0.3 is 5.97 Å². The number of aryl methyl sites for hydroxylation is 1. The Kier molecular flexibility index (Phi) is 4.61. The van der Waals surface area contributed by atoms with Gasteiger partial charge in [-0.3, -0.25) is 4.79 Å². The van der Waals surface area contributed by atoms with Gasteiger partial charge in [-0.1, -0.05) is 19.1 Å². The number of carboxylic acids is 1. The van der Waals surface area contributed by atoms with Crippen LogP contribution in [0.15, 0.2) is 36.7 Å². The van der Waals surface area contributed by atoms with E-state index < -0.39 is 5.97 Å². The standard InChI is InChI=1S/C15H15N3O3/c1-2-13-16-8-12(9-17-13)14(19)18-7-10-3-5-11(6-4-10)15(20)21/h3-6,8-9H,2,7H2,1H3,(H,18,19)(H,20,21). The molecule has 108 valence electrons. The van der Waals surface area contributed by atoms with Crippen LogP contribution in [0, 0.1) is 0 Å². The third-order valence-corrected chi connectivity index (χ3v) is 2.94. The number of benzene rings is 1. The van der Waals surface area contributed by atoms with Crippen molar-refractivity contribution in [3.8, 4) is 0 Å². The molecule has 0 spiro atoms. The largest absolute Gasteiger partial charge is 0.478 e.